The third-order valence-electron chi connectivity index (χ3n) is 8.50. The minimum atomic E-state index is -0.602. The summed E-state index contributed by atoms with van der Waals surface area (Å²) in [6, 6.07) is 3.99. The van der Waals surface area contributed by atoms with E-state index in [0.29, 0.717) is 18.7 Å². The first-order valence-electron chi connectivity index (χ1n) is 12.4. The highest BCUT2D eigenvalue weighted by Gasteiger charge is 2.50. The fourth-order valence-electron chi connectivity index (χ4n) is 6.22. The van der Waals surface area contributed by atoms with Crippen LogP contribution in [0.3, 0.4) is 0 Å². The van der Waals surface area contributed by atoms with E-state index in [1.807, 2.05) is 12.1 Å². The van der Waals surface area contributed by atoms with Crippen molar-refractivity contribution < 1.29 is 19.4 Å². The lowest BCUT2D eigenvalue weighted by molar-refractivity contribution is -0.138. The lowest BCUT2D eigenvalue weighted by Crippen LogP contribution is -2.45. The topological polar surface area (TPSA) is 114 Å². The number of hydrogen-bond acceptors (Lipinski definition) is 8. The summed E-state index contributed by atoms with van der Waals surface area (Å²) in [5.41, 5.74) is 5.13. The van der Waals surface area contributed by atoms with Gasteiger partial charge in [-0.15, -0.1) is 5.10 Å². The van der Waals surface area contributed by atoms with Crippen LogP contribution in [0.5, 0.6) is 0 Å². The highest BCUT2D eigenvalue weighted by atomic mass is 16.5. The molecule has 1 aromatic carbocycles. The van der Waals surface area contributed by atoms with Crippen LogP contribution in [0.2, 0.25) is 0 Å². The van der Waals surface area contributed by atoms with E-state index < -0.39 is 6.10 Å². The van der Waals surface area contributed by atoms with Gasteiger partial charge in [-0.1, -0.05) is 6.07 Å². The van der Waals surface area contributed by atoms with E-state index in [1.165, 1.54) is 5.56 Å². The largest absolute Gasteiger partial charge is 0.456 e. The van der Waals surface area contributed by atoms with Crippen molar-refractivity contribution in [3.63, 3.8) is 0 Å². The Labute approximate surface area is 203 Å². The van der Waals surface area contributed by atoms with Crippen LogP contribution >= 0.6 is 0 Å². The number of piperidine rings is 1. The third kappa shape index (κ3) is 3.49. The molecule has 10 heteroatoms. The van der Waals surface area contributed by atoms with Crippen molar-refractivity contribution in [3.8, 4) is 5.69 Å². The molecule has 2 saturated heterocycles. The summed E-state index contributed by atoms with van der Waals surface area (Å²) in [4.78, 5) is 29.2. The highest BCUT2D eigenvalue weighted by molar-refractivity contribution is 5.94. The molecular weight excluding hydrogens is 448 g/mol. The molecule has 1 spiro atoms. The van der Waals surface area contributed by atoms with Gasteiger partial charge >= 0.3 is 5.97 Å². The van der Waals surface area contributed by atoms with Crippen LogP contribution in [0.25, 0.3) is 5.69 Å². The van der Waals surface area contributed by atoms with Gasteiger partial charge in [0.25, 0.3) is 0 Å². The van der Waals surface area contributed by atoms with Gasteiger partial charge in [0.1, 0.15) is 6.61 Å². The van der Waals surface area contributed by atoms with Crippen LogP contribution in [0.1, 0.15) is 54.8 Å². The van der Waals surface area contributed by atoms with Gasteiger partial charge in [0, 0.05) is 19.5 Å². The summed E-state index contributed by atoms with van der Waals surface area (Å²) in [5.74, 6) is 0.664. The van der Waals surface area contributed by atoms with Crippen LogP contribution in [0, 0.1) is 12.3 Å². The fourth-order valence-corrected chi connectivity index (χ4v) is 6.22. The maximum atomic E-state index is 13.4. The molecule has 0 bridgehead atoms. The molecule has 0 aliphatic carbocycles. The van der Waals surface area contributed by atoms with Crippen molar-refractivity contribution in [3.05, 3.63) is 45.9 Å². The van der Waals surface area contributed by atoms with Crippen LogP contribution < -0.4 is 0 Å². The molecule has 35 heavy (non-hydrogen) atoms. The van der Waals surface area contributed by atoms with Crippen molar-refractivity contribution in [1.82, 2.24) is 30.0 Å². The van der Waals surface area contributed by atoms with Gasteiger partial charge in [-0.05, 0) is 85.8 Å². The van der Waals surface area contributed by atoms with Gasteiger partial charge in [-0.2, -0.15) is 4.68 Å². The number of carbonyl (C=O) groups is 2. The summed E-state index contributed by atoms with van der Waals surface area (Å²) in [6.45, 7) is 6.71. The average Bonchev–Trinajstić information content (AvgIpc) is 3.55. The average molecular weight is 479 g/mol. The molecule has 4 aliphatic rings. The maximum absolute atomic E-state index is 13.4. The first-order chi connectivity index (χ1) is 16.9. The van der Waals surface area contributed by atoms with Crippen LogP contribution in [0.4, 0.5) is 0 Å². The molecule has 2 aromatic rings. The molecule has 0 radical (unpaired) electrons. The number of aryl methyl sites for hydroxylation is 1. The maximum Gasteiger partial charge on any atom is 0.336 e. The lowest BCUT2D eigenvalue weighted by atomic mass is 9.77. The van der Waals surface area contributed by atoms with Crippen molar-refractivity contribution in [1.29, 1.82) is 0 Å². The van der Waals surface area contributed by atoms with E-state index in [-0.39, 0.29) is 23.9 Å². The summed E-state index contributed by atoms with van der Waals surface area (Å²) in [7, 11) is 0. The van der Waals surface area contributed by atoms with E-state index >= 15 is 0 Å². The first kappa shape index (κ1) is 22.4. The molecule has 184 valence electrons. The Morgan fingerprint density at radius 2 is 1.89 bits per heavy atom. The highest BCUT2D eigenvalue weighted by Crippen LogP contribution is 2.44. The second-order valence-electron chi connectivity index (χ2n) is 10.2. The Morgan fingerprint density at radius 1 is 1.11 bits per heavy atom. The van der Waals surface area contributed by atoms with Crippen molar-refractivity contribution in [2.45, 2.75) is 52.1 Å². The number of aliphatic hydroxyl groups is 1. The van der Waals surface area contributed by atoms with Gasteiger partial charge in [0.05, 0.1) is 28.5 Å². The van der Waals surface area contributed by atoms with Crippen molar-refractivity contribution in [2.75, 3.05) is 32.8 Å². The number of esters is 1. The number of β-amino-alcohol motifs (C(OH)–C–C–N with tert-alkyl or cyclic N) is 1. The Morgan fingerprint density at radius 3 is 2.63 bits per heavy atom. The molecule has 10 nitrogen and oxygen atoms in total. The number of rotatable bonds is 4. The zero-order valence-corrected chi connectivity index (χ0v) is 20.2. The Bertz CT molecular complexity index is 1240. The van der Waals surface area contributed by atoms with Crippen LogP contribution in [-0.2, 0) is 27.2 Å². The Hall–Kier alpha value is -3.11. The quantitative estimate of drug-likeness (QED) is 0.653. The fraction of sp³-hybridized carbons (Fsp3) is 0.560. The molecule has 0 unspecified atom stereocenters. The third-order valence-corrected chi connectivity index (χ3v) is 8.50. The first-order valence-corrected chi connectivity index (χ1v) is 12.4. The predicted molar refractivity (Wildman–Crippen MR) is 124 cm³/mol. The number of aliphatic hydroxyl groups excluding tert-OH is 1. The van der Waals surface area contributed by atoms with E-state index in [2.05, 4.69) is 27.3 Å². The second-order valence-corrected chi connectivity index (χ2v) is 10.2. The molecule has 0 saturated carbocycles. The van der Waals surface area contributed by atoms with Crippen molar-refractivity contribution in [2.24, 2.45) is 5.41 Å². The summed E-state index contributed by atoms with van der Waals surface area (Å²) in [6.07, 6.45) is 3.38. The molecule has 4 aliphatic heterocycles. The Kier molecular flexibility index (Phi) is 5.26. The number of carbonyl (C=O) groups excluding carboxylic acids is 2. The SMILES string of the molecule is CC1=C(N2CCC3(CCN(C[C@H](O)c4ccc5c(c4C)CCc4nnnn4-5)CC3)C2=O)COC1=O. The zero-order valence-electron chi connectivity index (χ0n) is 20.2. The summed E-state index contributed by atoms with van der Waals surface area (Å²) in [5, 5.41) is 23.1. The molecule has 5 heterocycles. The molecule has 1 aromatic heterocycles. The molecule has 1 atom stereocenters. The van der Waals surface area contributed by atoms with Gasteiger partial charge in [0.2, 0.25) is 5.91 Å². The number of ether oxygens (including phenoxy) is 1. The van der Waals surface area contributed by atoms with E-state index in [0.717, 1.165) is 73.5 Å². The standard InChI is InChI=1S/C25H30N6O4/c1-15-17-4-6-22-26-27-28-31(22)19(17)5-3-18(15)21(32)13-29-10-7-25(8-11-29)9-12-30(24(25)34)20-14-35-23(33)16(20)2/h3,5,21,32H,4,6-14H2,1-2H3/t21-/m0/s1. The summed E-state index contributed by atoms with van der Waals surface area (Å²) >= 11 is 0. The zero-order chi connectivity index (χ0) is 24.3. The van der Waals surface area contributed by atoms with Gasteiger partial charge in [-0.3, -0.25) is 4.79 Å². The van der Waals surface area contributed by atoms with Gasteiger partial charge in [-0.25, -0.2) is 4.79 Å². The molecule has 1 N–H and O–H groups in total. The summed E-state index contributed by atoms with van der Waals surface area (Å²) < 4.78 is 6.91. The predicted octanol–water partition coefficient (Wildman–Crippen LogP) is 1.25. The molecular formula is C25H30N6O4. The number of aromatic nitrogens is 4. The molecule has 1 amide bonds. The van der Waals surface area contributed by atoms with E-state index in [1.54, 1.807) is 16.5 Å². The van der Waals surface area contributed by atoms with Gasteiger partial charge < -0.3 is 19.6 Å². The van der Waals surface area contributed by atoms with Crippen LogP contribution in [-0.4, -0.2) is 79.8 Å². The van der Waals surface area contributed by atoms with E-state index in [9.17, 15) is 14.7 Å². The van der Waals surface area contributed by atoms with Crippen LogP contribution in [0.15, 0.2) is 23.4 Å². The number of amides is 1. The minimum Gasteiger partial charge on any atom is -0.456 e. The van der Waals surface area contributed by atoms with Gasteiger partial charge in [0.15, 0.2) is 5.82 Å². The van der Waals surface area contributed by atoms with E-state index in [4.69, 9.17) is 4.74 Å². The number of likely N-dealkylation sites (tertiary alicyclic amines) is 2. The number of cyclic esters (lactones) is 1. The smallest absolute Gasteiger partial charge is 0.336 e. The van der Waals surface area contributed by atoms with Crippen molar-refractivity contribution >= 4 is 11.9 Å². The second kappa shape index (κ2) is 8.23. The molecule has 6 rings (SSSR count). The number of tetrazole rings is 1. The number of benzene rings is 1. The minimum absolute atomic E-state index is 0.123. The lowest BCUT2D eigenvalue weighted by Gasteiger charge is -2.39. The number of fused-ring (bicyclic) bond motifs is 3. The normalized spacial score (nSPS) is 22.5. The Balaban J connectivity index is 1.12. The monoisotopic (exact) mass is 478 g/mol. The number of hydrogen-bond donors (Lipinski definition) is 1. The number of nitrogens with zero attached hydrogens (tertiary/aromatic N) is 6. The molecule has 2 fully saturated rings.